The average molecular weight is 369 g/mol. The summed E-state index contributed by atoms with van der Waals surface area (Å²) in [7, 11) is 0. The molecular weight excluding hydrogens is 357 g/mol. The van der Waals surface area contributed by atoms with Crippen molar-refractivity contribution in [3.8, 4) is 0 Å². The predicted molar refractivity (Wildman–Crippen MR) is 70.3 cm³/mol. The van der Waals surface area contributed by atoms with Gasteiger partial charge in [-0.1, -0.05) is 6.07 Å². The van der Waals surface area contributed by atoms with E-state index in [2.05, 4.69) is 36.6 Å². The standard InChI is InChI=1S/C11H12Br2FNO2/c1-2-17-11(16)9(14)10(15)6-3-4-7(12)8(13)5-6/h3-5,9-10H,2,15H2,1H3/t9?,10-/m0/s1. The summed E-state index contributed by atoms with van der Waals surface area (Å²) in [5.74, 6) is -0.931. The van der Waals surface area contributed by atoms with Gasteiger partial charge in [0.25, 0.3) is 0 Å². The normalized spacial score (nSPS) is 14.2. The van der Waals surface area contributed by atoms with Crippen LogP contribution in [0.25, 0.3) is 0 Å². The van der Waals surface area contributed by atoms with Gasteiger partial charge in [-0.05, 0) is 56.5 Å². The quantitative estimate of drug-likeness (QED) is 0.830. The van der Waals surface area contributed by atoms with Crippen LogP contribution in [0.5, 0.6) is 0 Å². The van der Waals surface area contributed by atoms with Crippen LogP contribution < -0.4 is 5.73 Å². The summed E-state index contributed by atoms with van der Waals surface area (Å²) in [5.41, 5.74) is 6.21. The first-order valence-corrected chi connectivity index (χ1v) is 6.57. The highest BCUT2D eigenvalue weighted by molar-refractivity contribution is 9.13. The molecule has 0 bridgehead atoms. The highest BCUT2D eigenvalue weighted by atomic mass is 79.9. The van der Waals surface area contributed by atoms with Crippen LogP contribution in [0.15, 0.2) is 27.1 Å². The topological polar surface area (TPSA) is 52.3 Å². The molecular formula is C11H12Br2FNO2. The third-order valence-electron chi connectivity index (χ3n) is 2.16. The van der Waals surface area contributed by atoms with Crippen LogP contribution in [-0.4, -0.2) is 18.7 Å². The summed E-state index contributed by atoms with van der Waals surface area (Å²) in [6.07, 6.45) is -1.86. The smallest absolute Gasteiger partial charge is 0.342 e. The molecule has 94 valence electrons. The molecule has 0 radical (unpaired) electrons. The molecule has 0 saturated carbocycles. The van der Waals surface area contributed by atoms with Crippen molar-refractivity contribution in [1.82, 2.24) is 0 Å². The fourth-order valence-electron chi connectivity index (χ4n) is 1.26. The number of rotatable bonds is 4. The summed E-state index contributed by atoms with van der Waals surface area (Å²) >= 11 is 6.59. The van der Waals surface area contributed by atoms with E-state index in [1.165, 1.54) is 0 Å². The maximum Gasteiger partial charge on any atom is 0.342 e. The molecule has 0 aromatic heterocycles. The Hall–Kier alpha value is -0.460. The van der Waals surface area contributed by atoms with E-state index in [0.29, 0.717) is 5.56 Å². The van der Waals surface area contributed by atoms with E-state index >= 15 is 0 Å². The Morgan fingerprint density at radius 1 is 1.47 bits per heavy atom. The first-order chi connectivity index (χ1) is 7.97. The minimum absolute atomic E-state index is 0.135. The van der Waals surface area contributed by atoms with Crippen molar-refractivity contribution in [2.45, 2.75) is 19.1 Å². The number of carbonyl (C=O) groups excluding carboxylic acids is 1. The second-order valence-corrected chi connectivity index (χ2v) is 5.06. The molecule has 1 unspecified atom stereocenters. The van der Waals surface area contributed by atoms with Gasteiger partial charge in [0, 0.05) is 8.95 Å². The van der Waals surface area contributed by atoms with Crippen LogP contribution in [0, 0.1) is 0 Å². The first kappa shape index (κ1) is 14.6. The van der Waals surface area contributed by atoms with E-state index in [0.717, 1.165) is 8.95 Å². The molecule has 0 saturated heterocycles. The van der Waals surface area contributed by atoms with E-state index in [1.54, 1.807) is 25.1 Å². The Bertz CT molecular complexity index is 414. The number of halogens is 3. The Balaban J connectivity index is 2.84. The number of hydrogen-bond donors (Lipinski definition) is 1. The molecule has 0 spiro atoms. The van der Waals surface area contributed by atoms with Gasteiger partial charge in [0.05, 0.1) is 12.6 Å². The molecule has 0 aliphatic rings. The summed E-state index contributed by atoms with van der Waals surface area (Å²) in [6, 6.07) is 4.03. The van der Waals surface area contributed by atoms with Crippen LogP contribution >= 0.6 is 31.9 Å². The second kappa shape index (κ2) is 6.47. The molecule has 3 nitrogen and oxygen atoms in total. The van der Waals surface area contributed by atoms with E-state index in [4.69, 9.17) is 5.73 Å². The van der Waals surface area contributed by atoms with Crippen molar-refractivity contribution in [3.63, 3.8) is 0 Å². The Kier molecular flexibility index (Phi) is 5.55. The van der Waals surface area contributed by atoms with Gasteiger partial charge >= 0.3 is 5.97 Å². The zero-order valence-electron chi connectivity index (χ0n) is 9.12. The SMILES string of the molecule is CCOC(=O)C(F)[C@@H](N)c1ccc(Br)c(Br)c1. The second-order valence-electron chi connectivity index (χ2n) is 3.35. The van der Waals surface area contributed by atoms with Gasteiger partial charge in [0.15, 0.2) is 0 Å². The molecule has 0 amide bonds. The Morgan fingerprint density at radius 3 is 2.65 bits per heavy atom. The molecule has 2 N–H and O–H groups in total. The van der Waals surface area contributed by atoms with Crippen LogP contribution in [0.1, 0.15) is 18.5 Å². The van der Waals surface area contributed by atoms with Crippen molar-refractivity contribution in [2.24, 2.45) is 5.73 Å². The van der Waals surface area contributed by atoms with Crippen molar-refractivity contribution in [2.75, 3.05) is 6.61 Å². The van der Waals surface area contributed by atoms with Crippen LogP contribution in [-0.2, 0) is 9.53 Å². The minimum Gasteiger partial charge on any atom is -0.464 e. The number of alkyl halides is 1. The Labute approximate surface area is 116 Å². The molecule has 17 heavy (non-hydrogen) atoms. The zero-order valence-corrected chi connectivity index (χ0v) is 12.3. The van der Waals surface area contributed by atoms with Crippen molar-refractivity contribution in [1.29, 1.82) is 0 Å². The minimum atomic E-state index is -1.86. The number of ether oxygens (including phenoxy) is 1. The molecule has 1 aromatic carbocycles. The van der Waals surface area contributed by atoms with E-state index in [-0.39, 0.29) is 6.61 Å². The van der Waals surface area contributed by atoms with Gasteiger partial charge in [-0.15, -0.1) is 0 Å². The molecule has 1 aromatic rings. The lowest BCUT2D eigenvalue weighted by Crippen LogP contribution is -2.31. The summed E-state index contributed by atoms with van der Waals surface area (Å²) in [5, 5.41) is 0. The molecule has 6 heteroatoms. The maximum absolute atomic E-state index is 13.7. The maximum atomic E-state index is 13.7. The fraction of sp³-hybridized carbons (Fsp3) is 0.364. The fourth-order valence-corrected chi connectivity index (χ4v) is 1.90. The van der Waals surface area contributed by atoms with E-state index in [1.807, 2.05) is 0 Å². The molecule has 2 atom stereocenters. The first-order valence-electron chi connectivity index (χ1n) is 4.98. The van der Waals surface area contributed by atoms with Crippen molar-refractivity contribution < 1.29 is 13.9 Å². The summed E-state index contributed by atoms with van der Waals surface area (Å²) < 4.78 is 19.8. The highest BCUT2D eigenvalue weighted by Gasteiger charge is 2.27. The third kappa shape index (κ3) is 3.76. The number of carbonyl (C=O) groups is 1. The molecule has 1 rings (SSSR count). The van der Waals surface area contributed by atoms with Crippen LogP contribution in [0.2, 0.25) is 0 Å². The zero-order chi connectivity index (χ0) is 13.0. The lowest BCUT2D eigenvalue weighted by atomic mass is 10.0. The molecule has 0 aliphatic carbocycles. The van der Waals surface area contributed by atoms with Crippen LogP contribution in [0.3, 0.4) is 0 Å². The number of hydrogen-bond acceptors (Lipinski definition) is 3. The van der Waals surface area contributed by atoms with E-state index < -0.39 is 18.2 Å². The lowest BCUT2D eigenvalue weighted by molar-refractivity contribution is -0.149. The number of benzene rings is 1. The van der Waals surface area contributed by atoms with Gasteiger partial charge in [-0.25, -0.2) is 9.18 Å². The van der Waals surface area contributed by atoms with Crippen molar-refractivity contribution in [3.05, 3.63) is 32.7 Å². The summed E-state index contributed by atoms with van der Waals surface area (Å²) in [4.78, 5) is 11.2. The lowest BCUT2D eigenvalue weighted by Gasteiger charge is -2.16. The average Bonchev–Trinajstić information content (AvgIpc) is 2.31. The van der Waals surface area contributed by atoms with Crippen LogP contribution in [0.4, 0.5) is 4.39 Å². The van der Waals surface area contributed by atoms with Gasteiger partial charge < -0.3 is 10.5 Å². The van der Waals surface area contributed by atoms with E-state index in [9.17, 15) is 9.18 Å². The summed E-state index contributed by atoms with van der Waals surface area (Å²) in [6.45, 7) is 1.75. The largest absolute Gasteiger partial charge is 0.464 e. The third-order valence-corrected chi connectivity index (χ3v) is 4.04. The van der Waals surface area contributed by atoms with Crippen molar-refractivity contribution >= 4 is 37.8 Å². The number of esters is 1. The van der Waals surface area contributed by atoms with Gasteiger partial charge in [0.1, 0.15) is 0 Å². The predicted octanol–water partition coefficient (Wildman–Crippen LogP) is 3.11. The van der Waals surface area contributed by atoms with Gasteiger partial charge in [-0.2, -0.15) is 0 Å². The van der Waals surface area contributed by atoms with Gasteiger partial charge in [0.2, 0.25) is 6.17 Å². The Morgan fingerprint density at radius 2 is 2.12 bits per heavy atom. The highest BCUT2D eigenvalue weighted by Crippen LogP contribution is 2.27. The molecule has 0 fully saturated rings. The molecule has 0 heterocycles. The molecule has 0 aliphatic heterocycles. The number of nitrogens with two attached hydrogens (primary N) is 1. The monoisotopic (exact) mass is 367 g/mol. The van der Waals surface area contributed by atoms with Gasteiger partial charge in [-0.3, -0.25) is 0 Å².